The van der Waals surface area contributed by atoms with Crippen molar-refractivity contribution in [1.29, 1.82) is 0 Å². The van der Waals surface area contributed by atoms with Crippen LogP contribution in [0.5, 0.6) is 0 Å². The fourth-order valence-corrected chi connectivity index (χ4v) is 9.43. The Balaban J connectivity index is -0.000000408. The van der Waals surface area contributed by atoms with Gasteiger partial charge in [-0.2, -0.15) is 0 Å². The SMILES string of the molecule is C=CCCCCCC.CCCCCCCC[Si](CC)(CC)CC.CC[SiH](CC)CC. The molecule has 184 valence electrons. The summed E-state index contributed by atoms with van der Waals surface area (Å²) in [5, 5.41) is 0. The molecule has 2 heteroatoms. The zero-order valence-corrected chi connectivity index (χ0v) is 25.2. The van der Waals surface area contributed by atoms with Gasteiger partial charge in [0, 0.05) is 8.80 Å². The number of unbranched alkanes of at least 4 members (excludes halogenated alkanes) is 9. The molecule has 0 saturated carbocycles. The highest BCUT2D eigenvalue weighted by Gasteiger charge is 2.25. The Bertz CT molecular complexity index is 279. The van der Waals surface area contributed by atoms with Gasteiger partial charge in [0.2, 0.25) is 0 Å². The van der Waals surface area contributed by atoms with Gasteiger partial charge in [-0.1, -0.05) is 162 Å². The summed E-state index contributed by atoms with van der Waals surface area (Å²) in [6.45, 7) is 22.4. The third kappa shape index (κ3) is 24.4. The van der Waals surface area contributed by atoms with Crippen LogP contribution in [-0.2, 0) is 0 Å². The van der Waals surface area contributed by atoms with Crippen LogP contribution in [-0.4, -0.2) is 16.9 Å². The van der Waals surface area contributed by atoms with Crippen molar-refractivity contribution in [2.24, 2.45) is 0 Å². The third-order valence-electron chi connectivity index (χ3n) is 7.30. The van der Waals surface area contributed by atoms with E-state index in [1.54, 1.807) is 6.04 Å². The smallest absolute Gasteiger partial charge is 0.0527 e. The van der Waals surface area contributed by atoms with Gasteiger partial charge >= 0.3 is 0 Å². The molecule has 0 heterocycles. The maximum Gasteiger partial charge on any atom is 0.0527 e. The molecule has 0 radical (unpaired) electrons. The van der Waals surface area contributed by atoms with Crippen LogP contribution < -0.4 is 0 Å². The summed E-state index contributed by atoms with van der Waals surface area (Å²) in [7, 11) is -0.957. The molecule has 0 amide bonds. The summed E-state index contributed by atoms with van der Waals surface area (Å²) in [5.74, 6) is 0. The lowest BCUT2D eigenvalue weighted by Gasteiger charge is -2.28. The minimum atomic E-state index is -0.786. The van der Waals surface area contributed by atoms with E-state index in [0.717, 1.165) is 0 Å². The molecule has 0 aromatic rings. The average Bonchev–Trinajstić information content (AvgIpc) is 2.79. The average molecular weight is 457 g/mol. The van der Waals surface area contributed by atoms with Crippen LogP contribution in [0.15, 0.2) is 12.7 Å². The predicted molar refractivity (Wildman–Crippen MR) is 153 cm³/mol. The molecule has 0 bridgehead atoms. The molecule has 0 aromatic carbocycles. The summed E-state index contributed by atoms with van der Waals surface area (Å²) in [5.41, 5.74) is 0. The quantitative estimate of drug-likeness (QED) is 0.109. The summed E-state index contributed by atoms with van der Waals surface area (Å²) in [6.07, 6.45) is 17.4. The summed E-state index contributed by atoms with van der Waals surface area (Å²) in [6, 6.07) is 10.6. The van der Waals surface area contributed by atoms with E-state index in [4.69, 9.17) is 0 Å². The minimum absolute atomic E-state index is 0.171. The Kier molecular flexibility index (Phi) is 33.8. The zero-order valence-electron chi connectivity index (χ0n) is 23.1. The van der Waals surface area contributed by atoms with Crippen LogP contribution >= 0.6 is 0 Å². The second kappa shape index (κ2) is 29.2. The molecule has 0 aromatic heterocycles. The first-order chi connectivity index (χ1) is 14.5. The molecule has 0 fully saturated rings. The fourth-order valence-electron chi connectivity index (χ4n) is 4.14. The molecule has 0 spiro atoms. The molecule has 0 nitrogen and oxygen atoms in total. The second-order valence-corrected chi connectivity index (χ2v) is 19.1. The van der Waals surface area contributed by atoms with Crippen molar-refractivity contribution in [3.05, 3.63) is 12.7 Å². The highest BCUT2D eigenvalue weighted by Crippen LogP contribution is 2.27. The van der Waals surface area contributed by atoms with Gasteiger partial charge in [-0.3, -0.25) is 0 Å². The van der Waals surface area contributed by atoms with Gasteiger partial charge < -0.3 is 0 Å². The van der Waals surface area contributed by atoms with Crippen molar-refractivity contribution in [2.45, 2.75) is 168 Å². The van der Waals surface area contributed by atoms with Gasteiger partial charge in [0.25, 0.3) is 0 Å². The van der Waals surface area contributed by atoms with E-state index in [1.807, 2.05) is 6.08 Å². The van der Waals surface area contributed by atoms with Crippen LogP contribution in [0.2, 0.25) is 42.3 Å². The van der Waals surface area contributed by atoms with Crippen LogP contribution in [0.25, 0.3) is 0 Å². The molecular weight excluding hydrogens is 392 g/mol. The lowest BCUT2D eigenvalue weighted by Crippen LogP contribution is -2.30. The van der Waals surface area contributed by atoms with Gasteiger partial charge in [-0.25, -0.2) is 0 Å². The second-order valence-electron chi connectivity index (χ2n) is 9.31. The fraction of sp³-hybridized carbons (Fsp3) is 0.929. The zero-order chi connectivity index (χ0) is 23.5. The maximum atomic E-state index is 3.66. The van der Waals surface area contributed by atoms with Crippen molar-refractivity contribution in [2.75, 3.05) is 0 Å². The standard InChI is InChI=1S/C14H32Si.C8H16.C6H16Si/c1-5-9-10-11-12-13-14-15(6-2,7-3)8-4;1-3-5-7-8-6-4-2;1-4-7(5-2)6-3/h5-14H2,1-4H3;3H,1,4-8H2,2H3;7H,4-6H2,1-3H3. The van der Waals surface area contributed by atoms with Crippen molar-refractivity contribution < 1.29 is 0 Å². The van der Waals surface area contributed by atoms with Crippen LogP contribution in [0, 0.1) is 0 Å². The molecule has 0 aliphatic carbocycles. The van der Waals surface area contributed by atoms with E-state index in [1.165, 1.54) is 107 Å². The Morgan fingerprint density at radius 3 is 1.30 bits per heavy atom. The summed E-state index contributed by atoms with van der Waals surface area (Å²) in [4.78, 5) is 0. The topological polar surface area (TPSA) is 0 Å². The Labute approximate surface area is 197 Å². The molecule has 0 atom stereocenters. The summed E-state index contributed by atoms with van der Waals surface area (Å²) >= 11 is 0. The van der Waals surface area contributed by atoms with Crippen molar-refractivity contribution in [1.82, 2.24) is 0 Å². The van der Waals surface area contributed by atoms with Crippen LogP contribution in [0.1, 0.15) is 126 Å². The van der Waals surface area contributed by atoms with Crippen molar-refractivity contribution >= 4 is 16.9 Å². The largest absolute Gasteiger partial charge is 0.103 e. The normalized spacial score (nSPS) is 10.8. The van der Waals surface area contributed by atoms with E-state index in [9.17, 15) is 0 Å². The third-order valence-corrected chi connectivity index (χ3v) is 16.7. The molecule has 0 rings (SSSR count). The summed E-state index contributed by atoms with van der Waals surface area (Å²) < 4.78 is 0. The van der Waals surface area contributed by atoms with Crippen molar-refractivity contribution in [3.63, 3.8) is 0 Å². The molecule has 0 aliphatic heterocycles. The first-order valence-electron chi connectivity index (χ1n) is 14.1. The van der Waals surface area contributed by atoms with Gasteiger partial charge in [0.1, 0.15) is 0 Å². The highest BCUT2D eigenvalue weighted by molar-refractivity contribution is 6.79. The molecule has 0 saturated heterocycles. The molecule has 0 aliphatic rings. The van der Waals surface area contributed by atoms with E-state index in [-0.39, 0.29) is 8.80 Å². The Hall–Kier alpha value is 0.174. The molecular formula is C28H64Si2. The maximum absolute atomic E-state index is 3.66. The minimum Gasteiger partial charge on any atom is -0.103 e. The van der Waals surface area contributed by atoms with Gasteiger partial charge in [-0.05, 0) is 12.8 Å². The first kappa shape index (κ1) is 34.8. The van der Waals surface area contributed by atoms with Crippen molar-refractivity contribution in [3.8, 4) is 0 Å². The number of hydrogen-bond donors (Lipinski definition) is 0. The van der Waals surface area contributed by atoms with Gasteiger partial charge in [0.05, 0.1) is 8.07 Å². The lowest BCUT2D eigenvalue weighted by atomic mass is 10.1. The number of hydrogen-bond acceptors (Lipinski definition) is 0. The highest BCUT2D eigenvalue weighted by atomic mass is 28.3. The Morgan fingerprint density at radius 2 is 0.967 bits per heavy atom. The Morgan fingerprint density at radius 1 is 0.567 bits per heavy atom. The molecule has 0 N–H and O–H groups in total. The molecule has 30 heavy (non-hydrogen) atoms. The van der Waals surface area contributed by atoms with Gasteiger partial charge in [-0.15, -0.1) is 6.58 Å². The number of rotatable bonds is 18. The van der Waals surface area contributed by atoms with Crippen LogP contribution in [0.3, 0.4) is 0 Å². The first-order valence-corrected chi connectivity index (χ1v) is 19.4. The predicted octanol–water partition coefficient (Wildman–Crippen LogP) is 11.3. The monoisotopic (exact) mass is 456 g/mol. The van der Waals surface area contributed by atoms with E-state index in [2.05, 4.69) is 62.0 Å². The molecule has 0 unspecified atom stereocenters. The van der Waals surface area contributed by atoms with E-state index in [0.29, 0.717) is 0 Å². The number of allylic oxidation sites excluding steroid dienone is 1. The van der Waals surface area contributed by atoms with Crippen LogP contribution in [0.4, 0.5) is 0 Å². The van der Waals surface area contributed by atoms with Gasteiger partial charge in [0.15, 0.2) is 0 Å². The van der Waals surface area contributed by atoms with E-state index >= 15 is 0 Å². The van der Waals surface area contributed by atoms with E-state index < -0.39 is 8.07 Å². The lowest BCUT2D eigenvalue weighted by molar-refractivity contribution is 0.621.